The molecule has 0 aliphatic rings. The Bertz CT molecular complexity index is 1450. The van der Waals surface area contributed by atoms with Gasteiger partial charge in [0.05, 0.1) is 5.02 Å². The summed E-state index contributed by atoms with van der Waals surface area (Å²) in [5.41, 5.74) is 4.31. The zero-order valence-electron chi connectivity index (χ0n) is 18.9. The first kappa shape index (κ1) is 23.1. The van der Waals surface area contributed by atoms with Crippen LogP contribution >= 0.6 is 11.6 Å². The Morgan fingerprint density at radius 1 is 1.03 bits per heavy atom. The van der Waals surface area contributed by atoms with Crippen LogP contribution in [0.3, 0.4) is 0 Å². The fraction of sp³-hybridized carbons (Fsp3) is 0.103. The van der Waals surface area contributed by atoms with Gasteiger partial charge in [-0.2, -0.15) is 5.26 Å². The molecule has 0 saturated heterocycles. The van der Waals surface area contributed by atoms with Crippen molar-refractivity contribution in [2.45, 2.75) is 20.5 Å². The zero-order valence-corrected chi connectivity index (χ0v) is 19.7. The molecule has 0 unspecified atom stereocenters. The molecule has 168 valence electrons. The SMILES string of the molecule is Cc1ccc(C)c(NC(=O)/C(C#N)=C/c2ccc(OCc3cccc4ccccc34)c(Cl)c2)c1. The number of hydrogen-bond donors (Lipinski definition) is 1. The lowest BCUT2D eigenvalue weighted by Crippen LogP contribution is -2.14. The van der Waals surface area contributed by atoms with E-state index in [-0.39, 0.29) is 5.57 Å². The minimum absolute atomic E-state index is 0.0126. The van der Waals surface area contributed by atoms with Crippen molar-refractivity contribution in [2.75, 3.05) is 5.32 Å². The van der Waals surface area contributed by atoms with Gasteiger partial charge in [0.15, 0.2) is 0 Å². The van der Waals surface area contributed by atoms with Gasteiger partial charge in [-0.3, -0.25) is 4.79 Å². The van der Waals surface area contributed by atoms with Gasteiger partial charge in [0.25, 0.3) is 5.91 Å². The number of amides is 1. The monoisotopic (exact) mass is 466 g/mol. The lowest BCUT2D eigenvalue weighted by molar-refractivity contribution is -0.112. The predicted octanol–water partition coefficient (Wildman–Crippen LogP) is 7.23. The first-order valence-corrected chi connectivity index (χ1v) is 11.2. The van der Waals surface area contributed by atoms with E-state index in [0.717, 1.165) is 27.5 Å². The molecule has 4 nitrogen and oxygen atoms in total. The van der Waals surface area contributed by atoms with E-state index in [2.05, 4.69) is 23.5 Å². The number of fused-ring (bicyclic) bond motifs is 1. The van der Waals surface area contributed by atoms with Gasteiger partial charge in [-0.05, 0) is 71.1 Å². The molecule has 0 radical (unpaired) electrons. The number of nitrogens with zero attached hydrogens (tertiary/aromatic N) is 1. The summed E-state index contributed by atoms with van der Waals surface area (Å²) in [5, 5.41) is 15.0. The van der Waals surface area contributed by atoms with E-state index in [1.807, 2.05) is 62.4 Å². The van der Waals surface area contributed by atoms with Crippen LogP contribution in [0.1, 0.15) is 22.3 Å². The van der Waals surface area contributed by atoms with Gasteiger partial charge in [0, 0.05) is 5.69 Å². The fourth-order valence-electron chi connectivity index (χ4n) is 3.67. The molecule has 0 fully saturated rings. The summed E-state index contributed by atoms with van der Waals surface area (Å²) in [7, 11) is 0. The van der Waals surface area contributed by atoms with E-state index in [1.165, 1.54) is 6.08 Å². The lowest BCUT2D eigenvalue weighted by atomic mass is 10.1. The maximum absolute atomic E-state index is 12.7. The Morgan fingerprint density at radius 2 is 1.82 bits per heavy atom. The fourth-order valence-corrected chi connectivity index (χ4v) is 3.92. The average molecular weight is 467 g/mol. The highest BCUT2D eigenvalue weighted by molar-refractivity contribution is 6.32. The molecule has 34 heavy (non-hydrogen) atoms. The second-order valence-electron chi connectivity index (χ2n) is 8.06. The number of ether oxygens (including phenoxy) is 1. The molecule has 5 heteroatoms. The largest absolute Gasteiger partial charge is 0.487 e. The number of aryl methyl sites for hydroxylation is 2. The molecule has 0 saturated carbocycles. The van der Waals surface area contributed by atoms with Gasteiger partial charge in [0.2, 0.25) is 0 Å². The smallest absolute Gasteiger partial charge is 0.266 e. The zero-order chi connectivity index (χ0) is 24.1. The van der Waals surface area contributed by atoms with E-state index in [1.54, 1.807) is 18.2 Å². The summed E-state index contributed by atoms with van der Waals surface area (Å²) in [6.07, 6.45) is 1.51. The van der Waals surface area contributed by atoms with Gasteiger partial charge >= 0.3 is 0 Å². The molecule has 1 N–H and O–H groups in total. The second kappa shape index (κ2) is 10.2. The van der Waals surface area contributed by atoms with E-state index in [9.17, 15) is 10.1 Å². The normalized spacial score (nSPS) is 11.2. The van der Waals surface area contributed by atoms with Gasteiger partial charge in [0.1, 0.15) is 24.0 Å². The summed E-state index contributed by atoms with van der Waals surface area (Å²) in [6, 6.07) is 27.2. The number of carbonyl (C=O) groups excluding carboxylic acids is 1. The Morgan fingerprint density at radius 3 is 2.62 bits per heavy atom. The van der Waals surface area contributed by atoms with E-state index < -0.39 is 5.91 Å². The topological polar surface area (TPSA) is 62.1 Å². The average Bonchev–Trinajstić information content (AvgIpc) is 2.84. The molecule has 0 bridgehead atoms. The van der Waals surface area contributed by atoms with Crippen LogP contribution in [0.15, 0.2) is 84.4 Å². The number of benzene rings is 4. The van der Waals surface area contributed by atoms with Crippen molar-refractivity contribution in [1.82, 2.24) is 0 Å². The molecule has 0 atom stereocenters. The molecule has 4 aromatic rings. The van der Waals surface area contributed by atoms with Crippen molar-refractivity contribution in [1.29, 1.82) is 5.26 Å². The number of carbonyl (C=O) groups is 1. The van der Waals surface area contributed by atoms with Crippen LogP contribution in [0.25, 0.3) is 16.8 Å². The van der Waals surface area contributed by atoms with Gasteiger partial charge in [-0.1, -0.05) is 72.3 Å². The maximum atomic E-state index is 12.7. The van der Waals surface area contributed by atoms with Crippen LogP contribution in [0.4, 0.5) is 5.69 Å². The molecule has 0 aromatic heterocycles. The number of nitrogens with one attached hydrogen (secondary N) is 1. The van der Waals surface area contributed by atoms with Crippen molar-refractivity contribution in [3.63, 3.8) is 0 Å². The maximum Gasteiger partial charge on any atom is 0.266 e. The summed E-state index contributed by atoms with van der Waals surface area (Å²) in [5.74, 6) is 0.0636. The summed E-state index contributed by atoms with van der Waals surface area (Å²) >= 11 is 6.45. The minimum Gasteiger partial charge on any atom is -0.487 e. The Kier molecular flexibility index (Phi) is 6.96. The Hall–Kier alpha value is -4.07. The Labute approximate surface area is 204 Å². The van der Waals surface area contributed by atoms with Crippen molar-refractivity contribution in [3.8, 4) is 11.8 Å². The molecule has 4 rings (SSSR count). The van der Waals surface area contributed by atoms with Gasteiger partial charge in [-0.25, -0.2) is 0 Å². The molecule has 1 amide bonds. The molecular formula is C29H23ClN2O2. The number of anilines is 1. The van der Waals surface area contributed by atoms with Crippen molar-refractivity contribution >= 4 is 40.0 Å². The third-order valence-corrected chi connectivity index (χ3v) is 5.83. The minimum atomic E-state index is -0.469. The van der Waals surface area contributed by atoms with Crippen molar-refractivity contribution in [3.05, 3.63) is 112 Å². The number of halogens is 1. The summed E-state index contributed by atoms with van der Waals surface area (Å²) in [4.78, 5) is 12.7. The van der Waals surface area contributed by atoms with Crippen LogP contribution in [0.5, 0.6) is 5.75 Å². The van der Waals surface area contributed by atoms with Gasteiger partial charge in [-0.15, -0.1) is 0 Å². The standard InChI is InChI=1S/C29H23ClN2O2/c1-19-10-11-20(2)27(14-19)32-29(33)24(17-31)15-21-12-13-28(26(30)16-21)34-18-23-8-5-7-22-6-3-4-9-25(22)23/h3-16H,18H2,1-2H3,(H,32,33)/b24-15+. The first-order valence-electron chi connectivity index (χ1n) is 10.8. The third-order valence-electron chi connectivity index (χ3n) is 5.54. The van der Waals surface area contributed by atoms with E-state index in [4.69, 9.17) is 16.3 Å². The Balaban J connectivity index is 1.49. The van der Waals surface area contributed by atoms with Crippen LogP contribution in [-0.4, -0.2) is 5.91 Å². The van der Waals surface area contributed by atoms with Crippen LogP contribution in [0, 0.1) is 25.2 Å². The van der Waals surface area contributed by atoms with Crippen LogP contribution in [-0.2, 0) is 11.4 Å². The summed E-state index contributed by atoms with van der Waals surface area (Å²) < 4.78 is 5.97. The van der Waals surface area contributed by atoms with E-state index >= 15 is 0 Å². The molecule has 0 spiro atoms. The molecular weight excluding hydrogens is 444 g/mol. The molecule has 0 heterocycles. The third kappa shape index (κ3) is 5.28. The number of rotatable bonds is 6. The van der Waals surface area contributed by atoms with Gasteiger partial charge < -0.3 is 10.1 Å². The molecule has 0 aliphatic carbocycles. The number of nitriles is 1. The quantitative estimate of drug-likeness (QED) is 0.241. The first-order chi connectivity index (χ1) is 16.4. The highest BCUT2D eigenvalue weighted by Gasteiger charge is 2.12. The molecule has 4 aromatic carbocycles. The van der Waals surface area contributed by atoms with E-state index in [0.29, 0.717) is 28.6 Å². The highest BCUT2D eigenvalue weighted by atomic mass is 35.5. The number of hydrogen-bond acceptors (Lipinski definition) is 3. The predicted molar refractivity (Wildman–Crippen MR) is 138 cm³/mol. The van der Waals surface area contributed by atoms with Crippen molar-refractivity contribution < 1.29 is 9.53 Å². The van der Waals surface area contributed by atoms with Crippen molar-refractivity contribution in [2.24, 2.45) is 0 Å². The highest BCUT2D eigenvalue weighted by Crippen LogP contribution is 2.28. The second-order valence-corrected chi connectivity index (χ2v) is 8.47. The van der Waals surface area contributed by atoms with Crippen LogP contribution in [0.2, 0.25) is 5.02 Å². The lowest BCUT2D eigenvalue weighted by Gasteiger charge is -2.11. The van der Waals surface area contributed by atoms with Crippen LogP contribution < -0.4 is 10.1 Å². The summed E-state index contributed by atoms with van der Waals surface area (Å²) in [6.45, 7) is 4.22. The molecule has 0 aliphatic heterocycles.